The van der Waals surface area contributed by atoms with Gasteiger partial charge in [-0.05, 0) is 6.07 Å². The molecule has 0 saturated heterocycles. The predicted octanol–water partition coefficient (Wildman–Crippen LogP) is 1.38. The normalized spacial score (nSPS) is 11.2. The fourth-order valence-electron chi connectivity index (χ4n) is 2.08. The van der Waals surface area contributed by atoms with Crippen LogP contribution in [0.1, 0.15) is 0 Å². The molecule has 1 N–H and O–H groups in total. The number of fused-ring (bicyclic) bond motifs is 2. The number of halogens is 1. The van der Waals surface area contributed by atoms with Crippen molar-refractivity contribution in [1.29, 1.82) is 0 Å². The lowest BCUT2D eigenvalue weighted by molar-refractivity contribution is 0.887. The Morgan fingerprint density at radius 1 is 1.28 bits per heavy atom. The lowest BCUT2D eigenvalue weighted by atomic mass is 10.1. The van der Waals surface area contributed by atoms with E-state index in [4.69, 9.17) is 11.6 Å². The average molecular weight is 262 g/mol. The topological polar surface area (TPSA) is 67.8 Å². The number of hydrogen-bond donors (Lipinski definition) is 1. The van der Waals surface area contributed by atoms with E-state index in [0.29, 0.717) is 5.02 Å². The van der Waals surface area contributed by atoms with E-state index in [0.717, 1.165) is 10.9 Å². The Morgan fingerprint density at radius 2 is 2.00 bits per heavy atom. The van der Waals surface area contributed by atoms with Gasteiger partial charge >= 0.3 is 5.69 Å². The molecule has 3 rings (SSSR count). The number of pyridine rings is 1. The van der Waals surface area contributed by atoms with E-state index in [1.165, 1.54) is 0 Å². The molecule has 2 aliphatic rings. The van der Waals surface area contributed by atoms with Crippen LogP contribution in [0.15, 0.2) is 33.9 Å². The second-order valence-electron chi connectivity index (χ2n) is 3.96. The molecule has 0 unspecified atom stereocenters. The summed E-state index contributed by atoms with van der Waals surface area (Å²) in [5.74, 6) is 0.285. The molecule has 0 amide bonds. The van der Waals surface area contributed by atoms with Crippen molar-refractivity contribution in [1.82, 2.24) is 14.5 Å². The fourth-order valence-corrected chi connectivity index (χ4v) is 2.41. The number of nitrogens with one attached hydrogen (secondary N) is 1. The van der Waals surface area contributed by atoms with Crippen LogP contribution < -0.4 is 11.2 Å². The van der Waals surface area contributed by atoms with Gasteiger partial charge < -0.3 is 4.57 Å². The summed E-state index contributed by atoms with van der Waals surface area (Å²) < 4.78 is 1.69. The maximum absolute atomic E-state index is 11.8. The zero-order valence-corrected chi connectivity index (χ0v) is 10.2. The standard InChI is InChI=1S/C12H8ClN3O2/c1-16-7-5-3-2-4-6(7)9(13)8-10(16)14-12(18)15-11(8)17/h2-5H,1H3,(H,15,17,18). The van der Waals surface area contributed by atoms with E-state index in [1.54, 1.807) is 11.6 Å². The van der Waals surface area contributed by atoms with Crippen molar-refractivity contribution in [2.45, 2.75) is 0 Å². The summed E-state index contributed by atoms with van der Waals surface area (Å²) in [7, 11) is 1.74. The lowest BCUT2D eigenvalue weighted by Crippen LogP contribution is -2.27. The zero-order valence-electron chi connectivity index (χ0n) is 9.40. The monoisotopic (exact) mass is 261 g/mol. The molecule has 90 valence electrons. The van der Waals surface area contributed by atoms with E-state index in [-0.39, 0.29) is 11.4 Å². The van der Waals surface area contributed by atoms with Crippen LogP contribution in [0.5, 0.6) is 0 Å². The summed E-state index contributed by atoms with van der Waals surface area (Å²) in [4.78, 5) is 29.0. The van der Waals surface area contributed by atoms with Gasteiger partial charge in [0.1, 0.15) is 5.56 Å². The van der Waals surface area contributed by atoms with Crippen LogP contribution in [0.3, 0.4) is 0 Å². The maximum atomic E-state index is 11.8. The summed E-state index contributed by atoms with van der Waals surface area (Å²) in [5.41, 5.74) is -0.143. The van der Waals surface area contributed by atoms with Crippen molar-refractivity contribution in [3.8, 4) is 11.4 Å². The van der Waals surface area contributed by atoms with Crippen molar-refractivity contribution < 1.29 is 0 Å². The second kappa shape index (κ2) is 3.68. The average Bonchev–Trinajstić information content (AvgIpc) is 2.35. The molecular formula is C12H8ClN3O2. The van der Waals surface area contributed by atoms with Gasteiger partial charge in [0, 0.05) is 12.4 Å². The Morgan fingerprint density at radius 3 is 2.78 bits per heavy atom. The maximum Gasteiger partial charge on any atom is 0.349 e. The van der Waals surface area contributed by atoms with Crippen molar-refractivity contribution >= 4 is 22.5 Å². The van der Waals surface area contributed by atoms with Crippen molar-refractivity contribution in [3.05, 3.63) is 50.1 Å². The van der Waals surface area contributed by atoms with Gasteiger partial charge in [0.15, 0.2) is 5.82 Å². The van der Waals surface area contributed by atoms with E-state index in [2.05, 4.69) is 9.97 Å². The van der Waals surface area contributed by atoms with Gasteiger partial charge in [-0.1, -0.05) is 29.8 Å². The van der Waals surface area contributed by atoms with Crippen molar-refractivity contribution in [2.75, 3.05) is 0 Å². The van der Waals surface area contributed by atoms with Crippen molar-refractivity contribution in [2.24, 2.45) is 7.05 Å². The first-order valence-corrected chi connectivity index (χ1v) is 5.64. The second-order valence-corrected chi connectivity index (χ2v) is 4.34. The van der Waals surface area contributed by atoms with Gasteiger partial charge in [-0.2, -0.15) is 4.98 Å². The number of rotatable bonds is 0. The first kappa shape index (κ1) is 11.0. The smallest absolute Gasteiger partial charge is 0.328 e. The molecule has 1 aromatic carbocycles. The van der Waals surface area contributed by atoms with Crippen LogP contribution in [0, 0.1) is 0 Å². The highest BCUT2D eigenvalue weighted by molar-refractivity contribution is 6.38. The third-order valence-electron chi connectivity index (χ3n) is 2.92. The molecule has 5 nitrogen and oxygen atoms in total. The zero-order chi connectivity index (χ0) is 12.9. The van der Waals surface area contributed by atoms with Gasteiger partial charge in [-0.15, -0.1) is 0 Å². The van der Waals surface area contributed by atoms with E-state index in [9.17, 15) is 9.59 Å². The highest BCUT2D eigenvalue weighted by Crippen LogP contribution is 2.32. The highest BCUT2D eigenvalue weighted by atomic mass is 35.5. The van der Waals surface area contributed by atoms with Gasteiger partial charge in [0.05, 0.1) is 10.5 Å². The number of H-pyrrole nitrogens is 1. The molecule has 6 heteroatoms. The molecule has 0 saturated carbocycles. The summed E-state index contributed by atoms with van der Waals surface area (Å²) in [6.45, 7) is 0. The molecule has 0 fully saturated rings. The summed E-state index contributed by atoms with van der Waals surface area (Å²) >= 11 is 6.23. The minimum Gasteiger partial charge on any atom is -0.328 e. The third-order valence-corrected chi connectivity index (χ3v) is 3.31. The number of para-hydroxylation sites is 1. The molecule has 2 heterocycles. The number of aromatic amines is 1. The molecule has 0 radical (unpaired) electrons. The molecule has 0 spiro atoms. The number of nitrogens with zero attached hydrogens (tertiary/aromatic N) is 2. The number of aromatic nitrogens is 3. The first-order valence-electron chi connectivity index (χ1n) is 5.27. The van der Waals surface area contributed by atoms with E-state index in [1.807, 2.05) is 24.3 Å². The Kier molecular flexibility index (Phi) is 2.24. The number of aryl methyl sites for hydroxylation is 1. The SMILES string of the molecule is Cn1c2nc(=O)[nH]c(=O)c-2c(Cl)c2ccccc21. The van der Waals surface area contributed by atoms with Crippen molar-refractivity contribution in [3.63, 3.8) is 0 Å². The Labute approximate surface area is 106 Å². The number of benzene rings is 1. The molecular weight excluding hydrogens is 254 g/mol. The van der Waals surface area contributed by atoms with Gasteiger partial charge in [-0.3, -0.25) is 9.78 Å². The molecule has 2 aliphatic heterocycles. The quantitative estimate of drug-likeness (QED) is 0.622. The van der Waals surface area contributed by atoms with Crippen LogP contribution in [0.2, 0.25) is 5.02 Å². The molecule has 18 heavy (non-hydrogen) atoms. The summed E-state index contributed by atoms with van der Waals surface area (Å²) in [6.07, 6.45) is 0. The van der Waals surface area contributed by atoms with Crippen LogP contribution in [-0.2, 0) is 7.05 Å². The molecule has 0 aliphatic carbocycles. The largest absolute Gasteiger partial charge is 0.349 e. The summed E-state index contributed by atoms with van der Waals surface area (Å²) in [6, 6.07) is 7.37. The lowest BCUT2D eigenvalue weighted by Gasteiger charge is -2.14. The first-order chi connectivity index (χ1) is 8.59. The molecule has 0 bridgehead atoms. The van der Waals surface area contributed by atoms with Crippen LogP contribution in [0.25, 0.3) is 22.3 Å². The van der Waals surface area contributed by atoms with Crippen LogP contribution in [-0.4, -0.2) is 14.5 Å². The van der Waals surface area contributed by atoms with E-state index < -0.39 is 11.2 Å². The predicted molar refractivity (Wildman–Crippen MR) is 69.2 cm³/mol. The highest BCUT2D eigenvalue weighted by Gasteiger charge is 2.19. The minimum atomic E-state index is -0.672. The Bertz CT molecular complexity index is 850. The van der Waals surface area contributed by atoms with E-state index >= 15 is 0 Å². The van der Waals surface area contributed by atoms with Crippen LogP contribution >= 0.6 is 11.6 Å². The number of hydrogen-bond acceptors (Lipinski definition) is 3. The molecule has 1 aromatic rings. The fraction of sp³-hybridized carbons (Fsp3) is 0.0833. The van der Waals surface area contributed by atoms with Crippen LogP contribution in [0.4, 0.5) is 0 Å². The van der Waals surface area contributed by atoms with Gasteiger partial charge in [-0.25, -0.2) is 4.79 Å². The summed E-state index contributed by atoms with van der Waals surface area (Å²) in [5, 5.41) is 1.06. The van der Waals surface area contributed by atoms with Gasteiger partial charge in [0.2, 0.25) is 0 Å². The molecule has 0 aromatic heterocycles. The van der Waals surface area contributed by atoms with Gasteiger partial charge in [0.25, 0.3) is 5.56 Å². The Hall–Kier alpha value is -2.14. The third kappa shape index (κ3) is 1.37. The minimum absolute atomic E-state index is 0.234. The Balaban J connectivity index is 2.71. The molecule has 0 atom stereocenters.